The second kappa shape index (κ2) is 6.73. The van der Waals surface area contributed by atoms with Gasteiger partial charge in [-0.2, -0.15) is 0 Å². The zero-order valence-electron chi connectivity index (χ0n) is 13.0. The molecule has 0 spiro atoms. The van der Waals surface area contributed by atoms with E-state index in [-0.39, 0.29) is 11.9 Å². The van der Waals surface area contributed by atoms with Gasteiger partial charge in [0.25, 0.3) is 0 Å². The number of pyridine rings is 1. The second-order valence-electron chi connectivity index (χ2n) is 5.31. The third kappa shape index (κ3) is 3.72. The Labute approximate surface area is 131 Å². The number of nitrogens with zero attached hydrogens (tertiary/aromatic N) is 1. The van der Waals surface area contributed by atoms with Crippen molar-refractivity contribution in [3.8, 4) is 17.0 Å². The molecule has 116 valence electrons. The molecule has 4 nitrogen and oxygen atoms in total. The Kier molecular flexibility index (Phi) is 4.96. The summed E-state index contributed by atoms with van der Waals surface area (Å²) >= 11 is 0. The zero-order valence-corrected chi connectivity index (χ0v) is 13.0. The lowest BCUT2D eigenvalue weighted by Crippen LogP contribution is -2.19. The van der Waals surface area contributed by atoms with Gasteiger partial charge in [-0.15, -0.1) is 13.2 Å². The van der Waals surface area contributed by atoms with E-state index in [2.05, 4.69) is 18.1 Å². The molecule has 3 rings (SSSR count). The van der Waals surface area contributed by atoms with Crippen LogP contribution < -0.4 is 0 Å². The lowest BCUT2D eigenvalue weighted by molar-refractivity contribution is -0.139. The molecule has 1 aromatic carbocycles. The summed E-state index contributed by atoms with van der Waals surface area (Å²) in [6, 6.07) is 12.8. The summed E-state index contributed by atoms with van der Waals surface area (Å²) in [5.74, 6) is -0.305. The molecular weight excluding hydrogens is 278 g/mol. The van der Waals surface area contributed by atoms with Gasteiger partial charge in [-0.3, -0.25) is 0 Å². The first-order chi connectivity index (χ1) is 10.5. The molecule has 1 aliphatic heterocycles. The van der Waals surface area contributed by atoms with E-state index in [9.17, 15) is 5.11 Å². The van der Waals surface area contributed by atoms with Gasteiger partial charge in [0.05, 0.1) is 18.0 Å². The molecule has 1 atom stereocenters. The molecule has 1 fully saturated rings. The molecule has 0 bridgehead atoms. The molecule has 1 aliphatic rings. The van der Waals surface area contributed by atoms with Gasteiger partial charge in [-0.25, -0.2) is 4.98 Å². The molecule has 0 saturated carbocycles. The van der Waals surface area contributed by atoms with Crippen molar-refractivity contribution in [2.24, 2.45) is 0 Å². The highest BCUT2D eigenvalue weighted by molar-refractivity contribution is 5.60. The van der Waals surface area contributed by atoms with E-state index < -0.39 is 5.79 Å². The van der Waals surface area contributed by atoms with Crippen LogP contribution in [-0.2, 0) is 9.47 Å². The first kappa shape index (κ1) is 16.2. The normalized spacial score (nSPS) is 19.3. The van der Waals surface area contributed by atoms with Gasteiger partial charge in [-0.1, -0.05) is 6.07 Å². The Hall–Kier alpha value is -2.17. The van der Waals surface area contributed by atoms with Crippen LogP contribution >= 0.6 is 0 Å². The van der Waals surface area contributed by atoms with Crippen LogP contribution in [0.2, 0.25) is 0 Å². The van der Waals surface area contributed by atoms with E-state index in [0.717, 1.165) is 17.0 Å². The predicted octanol–water partition coefficient (Wildman–Crippen LogP) is 4.08. The lowest BCUT2D eigenvalue weighted by atomic mass is 10.1. The predicted molar refractivity (Wildman–Crippen MR) is 86.4 cm³/mol. The Balaban J connectivity index is 0.000000847. The van der Waals surface area contributed by atoms with Crippen molar-refractivity contribution in [1.82, 2.24) is 4.98 Å². The summed E-state index contributed by atoms with van der Waals surface area (Å²) < 4.78 is 11.4. The van der Waals surface area contributed by atoms with E-state index in [0.29, 0.717) is 6.61 Å². The summed E-state index contributed by atoms with van der Waals surface area (Å²) in [6.45, 7) is 10.3. The zero-order chi connectivity index (χ0) is 16.2. The maximum atomic E-state index is 9.33. The monoisotopic (exact) mass is 299 g/mol. The van der Waals surface area contributed by atoms with Crippen LogP contribution in [0, 0.1) is 0 Å². The summed E-state index contributed by atoms with van der Waals surface area (Å²) in [5, 5.41) is 9.33. The molecule has 1 N–H and O–H groups in total. The van der Waals surface area contributed by atoms with Crippen LogP contribution in [-0.4, -0.2) is 22.5 Å². The lowest BCUT2D eigenvalue weighted by Gasteiger charge is -2.17. The van der Waals surface area contributed by atoms with Crippen LogP contribution in [0.1, 0.15) is 25.6 Å². The molecule has 0 radical (unpaired) electrons. The van der Waals surface area contributed by atoms with Crippen LogP contribution in [0.5, 0.6) is 5.75 Å². The van der Waals surface area contributed by atoms with E-state index in [4.69, 9.17) is 9.47 Å². The first-order valence-corrected chi connectivity index (χ1v) is 7.12. The van der Waals surface area contributed by atoms with Crippen LogP contribution in [0.4, 0.5) is 0 Å². The summed E-state index contributed by atoms with van der Waals surface area (Å²) in [7, 11) is 0. The van der Waals surface area contributed by atoms with Crippen LogP contribution in [0.25, 0.3) is 11.3 Å². The van der Waals surface area contributed by atoms with E-state index >= 15 is 0 Å². The minimum absolute atomic E-state index is 0.137. The number of benzene rings is 1. The van der Waals surface area contributed by atoms with Crippen molar-refractivity contribution in [2.75, 3.05) is 6.61 Å². The smallest absolute Gasteiger partial charge is 0.163 e. The Bertz CT molecular complexity index is 622. The summed E-state index contributed by atoms with van der Waals surface area (Å²) in [6.07, 6.45) is -0.137. The molecule has 1 unspecified atom stereocenters. The van der Waals surface area contributed by atoms with Gasteiger partial charge in [0.15, 0.2) is 5.79 Å². The molecule has 1 saturated heterocycles. The van der Waals surface area contributed by atoms with Crippen molar-refractivity contribution < 1.29 is 14.6 Å². The fourth-order valence-electron chi connectivity index (χ4n) is 2.26. The summed E-state index contributed by atoms with van der Waals surface area (Å²) in [5.41, 5.74) is 2.68. The van der Waals surface area contributed by atoms with Gasteiger partial charge in [-0.05, 0) is 50.2 Å². The first-order valence-electron chi connectivity index (χ1n) is 7.12. The van der Waals surface area contributed by atoms with Crippen LogP contribution in [0.15, 0.2) is 55.6 Å². The Morgan fingerprint density at radius 3 is 2.41 bits per heavy atom. The largest absolute Gasteiger partial charge is 0.508 e. The highest BCUT2D eigenvalue weighted by atomic mass is 16.7. The highest BCUT2D eigenvalue weighted by Gasteiger charge is 2.34. The average Bonchev–Trinajstić information content (AvgIpc) is 2.90. The number of hydrogen-bond donors (Lipinski definition) is 1. The maximum absolute atomic E-state index is 9.33. The topological polar surface area (TPSA) is 51.6 Å². The average molecular weight is 299 g/mol. The van der Waals surface area contributed by atoms with Crippen molar-refractivity contribution in [3.05, 3.63) is 61.3 Å². The van der Waals surface area contributed by atoms with Gasteiger partial charge in [0, 0.05) is 5.56 Å². The summed E-state index contributed by atoms with van der Waals surface area (Å²) in [4.78, 5) is 4.63. The fourth-order valence-corrected chi connectivity index (χ4v) is 2.26. The number of ether oxygens (including phenoxy) is 2. The number of aromatic hydroxyl groups is 1. The van der Waals surface area contributed by atoms with Gasteiger partial charge in [0.2, 0.25) is 0 Å². The maximum Gasteiger partial charge on any atom is 0.163 e. The second-order valence-corrected chi connectivity index (χ2v) is 5.31. The van der Waals surface area contributed by atoms with Crippen LogP contribution in [0.3, 0.4) is 0 Å². The van der Waals surface area contributed by atoms with Crippen molar-refractivity contribution in [1.29, 1.82) is 0 Å². The molecule has 0 amide bonds. The number of phenols is 1. The molecule has 22 heavy (non-hydrogen) atoms. The highest BCUT2D eigenvalue weighted by Crippen LogP contribution is 2.32. The molecule has 1 aromatic heterocycles. The molecule has 0 aliphatic carbocycles. The van der Waals surface area contributed by atoms with E-state index in [1.807, 2.05) is 44.2 Å². The van der Waals surface area contributed by atoms with Gasteiger partial charge in [0.1, 0.15) is 11.9 Å². The molecule has 2 heterocycles. The molecule has 4 heteroatoms. The number of aromatic nitrogens is 1. The third-order valence-corrected chi connectivity index (χ3v) is 3.27. The van der Waals surface area contributed by atoms with Gasteiger partial charge < -0.3 is 14.6 Å². The third-order valence-electron chi connectivity index (χ3n) is 3.27. The Morgan fingerprint density at radius 1 is 1.14 bits per heavy atom. The van der Waals surface area contributed by atoms with Crippen molar-refractivity contribution in [2.45, 2.75) is 25.7 Å². The minimum atomic E-state index is -0.555. The van der Waals surface area contributed by atoms with E-state index in [1.165, 1.54) is 0 Å². The number of hydrogen-bond acceptors (Lipinski definition) is 4. The Morgan fingerprint density at radius 2 is 1.82 bits per heavy atom. The SMILES string of the molecule is C=C.CC1(C)OCC(c2cccc(-c3ccc(O)cc3)n2)O1. The van der Waals surface area contributed by atoms with E-state index in [1.54, 1.807) is 12.1 Å². The standard InChI is InChI=1S/C16H17NO3.C2H4/c1-16(2)19-10-15(20-16)14-5-3-4-13(17-14)11-6-8-12(18)9-7-11;1-2/h3-9,15,18H,10H2,1-2H3;1-2H2. The van der Waals surface area contributed by atoms with Gasteiger partial charge >= 0.3 is 0 Å². The quantitative estimate of drug-likeness (QED) is 0.849. The van der Waals surface area contributed by atoms with Crippen molar-refractivity contribution >= 4 is 0 Å². The number of phenolic OH excluding ortho intramolecular Hbond substituents is 1. The molecular formula is C18H21NO3. The number of rotatable bonds is 2. The minimum Gasteiger partial charge on any atom is -0.508 e. The fraction of sp³-hybridized carbons (Fsp3) is 0.278. The molecule has 2 aromatic rings. The van der Waals surface area contributed by atoms with Crippen molar-refractivity contribution in [3.63, 3.8) is 0 Å².